The molecule has 1 saturated carbocycles. The third-order valence-corrected chi connectivity index (χ3v) is 4.36. The molecule has 0 spiro atoms. The first-order chi connectivity index (χ1) is 10.8. The second kappa shape index (κ2) is 7.23. The van der Waals surface area contributed by atoms with E-state index in [2.05, 4.69) is 0 Å². The second-order valence-electron chi connectivity index (χ2n) is 5.22. The average Bonchev–Trinajstić information content (AvgIpc) is 2.49. The Kier molecular flexibility index (Phi) is 5.55. The number of benzene rings is 1. The molecule has 23 heavy (non-hydrogen) atoms. The minimum absolute atomic E-state index is 0.140. The Morgan fingerprint density at radius 1 is 1.13 bits per heavy atom. The number of ether oxygens (including phenoxy) is 1. The average molecular weight is 357 g/mol. The fraction of sp³-hybridized carbons (Fsp3) is 0.375. The highest BCUT2D eigenvalue weighted by molar-refractivity contribution is 6.42. The summed E-state index contributed by atoms with van der Waals surface area (Å²) in [6, 6.07) is 4.16. The number of esters is 1. The molecule has 1 aromatic rings. The quantitative estimate of drug-likeness (QED) is 0.470. The Morgan fingerprint density at radius 3 is 2.26 bits per heavy atom. The maximum atomic E-state index is 12.4. The molecule has 5 nitrogen and oxygen atoms in total. The number of rotatable bonds is 4. The summed E-state index contributed by atoms with van der Waals surface area (Å²) in [6.45, 7) is 1.81. The lowest BCUT2D eigenvalue weighted by Gasteiger charge is -2.24. The van der Waals surface area contributed by atoms with E-state index in [0.717, 1.165) is 0 Å². The highest BCUT2D eigenvalue weighted by Gasteiger charge is 2.43. The first kappa shape index (κ1) is 17.6. The lowest BCUT2D eigenvalue weighted by molar-refractivity contribution is -0.154. The van der Waals surface area contributed by atoms with Crippen molar-refractivity contribution < 1.29 is 23.9 Å². The number of hydrogen-bond acceptors (Lipinski definition) is 5. The van der Waals surface area contributed by atoms with Crippen molar-refractivity contribution in [3.05, 3.63) is 33.8 Å². The van der Waals surface area contributed by atoms with Gasteiger partial charge in [-0.15, -0.1) is 0 Å². The van der Waals surface area contributed by atoms with E-state index in [9.17, 15) is 19.2 Å². The molecule has 0 bridgehead atoms. The van der Waals surface area contributed by atoms with Gasteiger partial charge < -0.3 is 4.74 Å². The number of Topliss-reactive ketones (excluding diaryl/α,β-unsaturated/α-hetero) is 3. The summed E-state index contributed by atoms with van der Waals surface area (Å²) in [5.41, 5.74) is 0.140. The van der Waals surface area contributed by atoms with Crippen LogP contribution in [0.5, 0.6) is 0 Å². The van der Waals surface area contributed by atoms with Crippen molar-refractivity contribution in [1.82, 2.24) is 0 Å². The molecule has 0 saturated heterocycles. The minimum Gasteiger partial charge on any atom is -0.466 e. The van der Waals surface area contributed by atoms with Gasteiger partial charge in [-0.1, -0.05) is 23.2 Å². The fourth-order valence-electron chi connectivity index (χ4n) is 2.51. The van der Waals surface area contributed by atoms with Gasteiger partial charge in [-0.2, -0.15) is 0 Å². The zero-order valence-electron chi connectivity index (χ0n) is 12.3. The number of carbonyl (C=O) groups is 4. The van der Waals surface area contributed by atoms with Crippen LogP contribution in [-0.2, 0) is 19.1 Å². The Balaban J connectivity index is 2.19. The molecule has 0 heterocycles. The highest BCUT2D eigenvalue weighted by atomic mass is 35.5. The molecular formula is C16H14Cl2O5. The summed E-state index contributed by atoms with van der Waals surface area (Å²) < 4.78 is 4.83. The van der Waals surface area contributed by atoms with Crippen LogP contribution in [0.2, 0.25) is 10.0 Å². The van der Waals surface area contributed by atoms with E-state index >= 15 is 0 Å². The van der Waals surface area contributed by atoms with E-state index in [1.54, 1.807) is 6.92 Å². The van der Waals surface area contributed by atoms with Gasteiger partial charge in [0.1, 0.15) is 5.92 Å². The summed E-state index contributed by atoms with van der Waals surface area (Å²) >= 11 is 11.6. The molecule has 1 aliphatic carbocycles. The summed E-state index contributed by atoms with van der Waals surface area (Å²) in [4.78, 5) is 48.5. The molecular weight excluding hydrogens is 343 g/mol. The Labute approximate surface area is 142 Å². The van der Waals surface area contributed by atoms with E-state index in [-0.39, 0.29) is 35.1 Å². The van der Waals surface area contributed by atoms with Gasteiger partial charge >= 0.3 is 5.97 Å². The topological polar surface area (TPSA) is 77.5 Å². The van der Waals surface area contributed by atoms with Crippen LogP contribution in [0.4, 0.5) is 0 Å². The summed E-state index contributed by atoms with van der Waals surface area (Å²) in [7, 11) is 0. The van der Waals surface area contributed by atoms with Crippen LogP contribution in [-0.4, -0.2) is 29.9 Å². The lowest BCUT2D eigenvalue weighted by Crippen LogP contribution is -2.41. The van der Waals surface area contributed by atoms with Crippen LogP contribution in [0.1, 0.15) is 30.1 Å². The van der Waals surface area contributed by atoms with Crippen LogP contribution in [0, 0.1) is 11.8 Å². The molecule has 0 atom stereocenters. The zero-order chi connectivity index (χ0) is 17.1. The fourth-order valence-corrected chi connectivity index (χ4v) is 2.81. The van der Waals surface area contributed by atoms with Gasteiger partial charge in [-0.05, 0) is 25.1 Å². The Hall–Kier alpha value is -1.72. The molecule has 1 aromatic carbocycles. The number of ketones is 3. The maximum Gasteiger partial charge on any atom is 0.309 e. The normalized spacial score (nSPS) is 21.2. The van der Waals surface area contributed by atoms with Gasteiger partial charge in [0, 0.05) is 18.4 Å². The molecule has 7 heteroatoms. The lowest BCUT2D eigenvalue weighted by atomic mass is 9.76. The summed E-state index contributed by atoms with van der Waals surface area (Å²) in [5, 5.41) is 0.435. The van der Waals surface area contributed by atoms with Crippen molar-refractivity contribution in [2.24, 2.45) is 11.8 Å². The molecule has 0 N–H and O–H groups in total. The van der Waals surface area contributed by atoms with E-state index < -0.39 is 35.2 Å². The Bertz CT molecular complexity index is 665. The summed E-state index contributed by atoms with van der Waals surface area (Å²) in [5.74, 6) is -4.56. The molecule has 122 valence electrons. The van der Waals surface area contributed by atoms with Crippen molar-refractivity contribution >= 4 is 46.5 Å². The van der Waals surface area contributed by atoms with Gasteiger partial charge in [0.2, 0.25) is 0 Å². The van der Waals surface area contributed by atoms with Crippen LogP contribution in [0.25, 0.3) is 0 Å². The van der Waals surface area contributed by atoms with Crippen LogP contribution >= 0.6 is 23.2 Å². The van der Waals surface area contributed by atoms with Crippen LogP contribution in [0.15, 0.2) is 18.2 Å². The van der Waals surface area contributed by atoms with Crippen molar-refractivity contribution in [2.75, 3.05) is 6.61 Å². The minimum atomic E-state index is -1.39. The first-order valence-electron chi connectivity index (χ1n) is 7.06. The standard InChI is InChI=1S/C16H14Cl2O5/c1-2-23-16(22)9-6-12(19)14(13(20)7-9)15(21)8-3-4-10(17)11(18)5-8/h3-5,9,14H,2,6-7H2,1H3. The maximum absolute atomic E-state index is 12.4. The third kappa shape index (κ3) is 3.79. The largest absolute Gasteiger partial charge is 0.466 e. The van der Waals surface area contributed by atoms with Gasteiger partial charge in [0.25, 0.3) is 0 Å². The SMILES string of the molecule is CCOC(=O)C1CC(=O)C(C(=O)c2ccc(Cl)c(Cl)c2)C(=O)C1. The van der Waals surface area contributed by atoms with E-state index in [0.29, 0.717) is 0 Å². The van der Waals surface area contributed by atoms with E-state index in [4.69, 9.17) is 27.9 Å². The number of hydrogen-bond donors (Lipinski definition) is 0. The van der Waals surface area contributed by atoms with Gasteiger partial charge in [0.05, 0.1) is 22.6 Å². The highest BCUT2D eigenvalue weighted by Crippen LogP contribution is 2.29. The zero-order valence-corrected chi connectivity index (χ0v) is 13.8. The van der Waals surface area contributed by atoms with Crippen LogP contribution in [0.3, 0.4) is 0 Å². The predicted molar refractivity (Wildman–Crippen MR) is 83.7 cm³/mol. The van der Waals surface area contributed by atoms with Crippen LogP contribution < -0.4 is 0 Å². The third-order valence-electron chi connectivity index (χ3n) is 3.63. The van der Waals surface area contributed by atoms with Crippen molar-refractivity contribution in [1.29, 1.82) is 0 Å². The molecule has 0 aromatic heterocycles. The predicted octanol–water partition coefficient (Wildman–Crippen LogP) is 2.90. The smallest absolute Gasteiger partial charge is 0.309 e. The molecule has 1 aliphatic rings. The molecule has 0 radical (unpaired) electrons. The van der Waals surface area contributed by atoms with E-state index in [1.165, 1.54) is 18.2 Å². The number of halogens is 2. The second-order valence-corrected chi connectivity index (χ2v) is 6.03. The van der Waals surface area contributed by atoms with Gasteiger partial charge in [0.15, 0.2) is 17.3 Å². The van der Waals surface area contributed by atoms with E-state index in [1.807, 2.05) is 0 Å². The molecule has 0 aliphatic heterocycles. The van der Waals surface area contributed by atoms with Gasteiger partial charge in [-0.25, -0.2) is 0 Å². The molecule has 0 unspecified atom stereocenters. The Morgan fingerprint density at radius 2 is 1.74 bits per heavy atom. The molecule has 1 fully saturated rings. The van der Waals surface area contributed by atoms with Crippen molar-refractivity contribution in [3.8, 4) is 0 Å². The van der Waals surface area contributed by atoms with Crippen molar-refractivity contribution in [3.63, 3.8) is 0 Å². The monoisotopic (exact) mass is 356 g/mol. The summed E-state index contributed by atoms with van der Waals surface area (Å²) in [6.07, 6.45) is -0.357. The van der Waals surface area contributed by atoms with Crippen molar-refractivity contribution in [2.45, 2.75) is 19.8 Å². The molecule has 0 amide bonds. The first-order valence-corrected chi connectivity index (χ1v) is 7.82. The molecule has 2 rings (SSSR count). The van der Waals surface area contributed by atoms with Gasteiger partial charge in [-0.3, -0.25) is 19.2 Å². The number of carbonyl (C=O) groups excluding carboxylic acids is 4.